The van der Waals surface area contributed by atoms with E-state index in [-0.39, 0.29) is 18.6 Å². The molecule has 0 aromatic carbocycles. The van der Waals surface area contributed by atoms with Crippen LogP contribution in [0, 0.1) is 0 Å². The van der Waals surface area contributed by atoms with Gasteiger partial charge in [-0.1, -0.05) is 0 Å². The van der Waals surface area contributed by atoms with Gasteiger partial charge < -0.3 is 15.4 Å². The summed E-state index contributed by atoms with van der Waals surface area (Å²) in [5.41, 5.74) is 5.38. The molecule has 0 saturated heterocycles. The van der Waals surface area contributed by atoms with Gasteiger partial charge in [0.1, 0.15) is 6.61 Å². The van der Waals surface area contributed by atoms with E-state index in [9.17, 15) is 4.79 Å². The van der Waals surface area contributed by atoms with E-state index in [1.54, 1.807) is 4.90 Å². The lowest BCUT2D eigenvalue weighted by Crippen LogP contribution is -2.40. The number of hydrogen-bond acceptors (Lipinski definition) is 3. The number of nitrogens with zero attached hydrogens (tertiary/aromatic N) is 1. The summed E-state index contributed by atoms with van der Waals surface area (Å²) >= 11 is 0. The molecule has 0 radical (unpaired) electrons. The topological polar surface area (TPSA) is 55.6 Å². The van der Waals surface area contributed by atoms with E-state index < -0.39 is 0 Å². The minimum absolute atomic E-state index is 0.0333. The molecule has 0 aromatic heterocycles. The monoisotopic (exact) mass is 188 g/mol. The summed E-state index contributed by atoms with van der Waals surface area (Å²) in [4.78, 5) is 13.2. The van der Waals surface area contributed by atoms with Crippen LogP contribution in [0.4, 0.5) is 0 Å². The summed E-state index contributed by atoms with van der Waals surface area (Å²) in [6, 6.07) is 0.217. The Morgan fingerprint density at radius 1 is 1.54 bits per heavy atom. The predicted octanol–water partition coefficient (Wildman–Crippen LogP) is 0.219. The molecule has 4 heteroatoms. The first-order valence-corrected chi connectivity index (χ1v) is 4.62. The van der Waals surface area contributed by atoms with Gasteiger partial charge in [-0.15, -0.1) is 0 Å². The highest BCUT2D eigenvalue weighted by molar-refractivity contribution is 5.77. The Morgan fingerprint density at radius 2 is 2.15 bits per heavy atom. The number of nitrogens with two attached hydrogens (primary N) is 1. The van der Waals surface area contributed by atoms with Crippen LogP contribution >= 0.6 is 0 Å². The first-order valence-electron chi connectivity index (χ1n) is 4.62. The zero-order valence-corrected chi connectivity index (χ0v) is 8.75. The van der Waals surface area contributed by atoms with E-state index in [0.29, 0.717) is 6.54 Å². The summed E-state index contributed by atoms with van der Waals surface area (Å²) < 4.78 is 4.79. The van der Waals surface area contributed by atoms with Crippen molar-refractivity contribution in [2.75, 3.05) is 26.8 Å². The SMILES string of the molecule is COCC(=O)N(CCCN)C(C)C. The van der Waals surface area contributed by atoms with Gasteiger partial charge in [0, 0.05) is 19.7 Å². The van der Waals surface area contributed by atoms with Crippen LogP contribution in [0.2, 0.25) is 0 Å². The maximum atomic E-state index is 11.5. The third kappa shape index (κ3) is 4.85. The fraction of sp³-hybridized carbons (Fsp3) is 0.889. The predicted molar refractivity (Wildman–Crippen MR) is 52.4 cm³/mol. The van der Waals surface area contributed by atoms with Crippen molar-refractivity contribution in [2.24, 2.45) is 5.73 Å². The molecule has 13 heavy (non-hydrogen) atoms. The smallest absolute Gasteiger partial charge is 0.248 e. The van der Waals surface area contributed by atoms with Crippen molar-refractivity contribution < 1.29 is 9.53 Å². The maximum Gasteiger partial charge on any atom is 0.248 e. The van der Waals surface area contributed by atoms with Gasteiger partial charge in [-0.3, -0.25) is 4.79 Å². The van der Waals surface area contributed by atoms with Gasteiger partial charge in [-0.05, 0) is 26.8 Å². The second-order valence-electron chi connectivity index (χ2n) is 3.26. The molecule has 2 N–H and O–H groups in total. The van der Waals surface area contributed by atoms with E-state index in [4.69, 9.17) is 10.5 Å². The van der Waals surface area contributed by atoms with Crippen molar-refractivity contribution in [1.82, 2.24) is 4.90 Å². The van der Waals surface area contributed by atoms with Crippen molar-refractivity contribution in [2.45, 2.75) is 26.3 Å². The average molecular weight is 188 g/mol. The molecule has 0 aliphatic rings. The molecule has 0 spiro atoms. The van der Waals surface area contributed by atoms with E-state index in [1.807, 2.05) is 13.8 Å². The summed E-state index contributed by atoms with van der Waals surface area (Å²) in [6.45, 7) is 5.47. The molecule has 1 amide bonds. The van der Waals surface area contributed by atoms with E-state index in [0.717, 1.165) is 13.0 Å². The van der Waals surface area contributed by atoms with Crippen LogP contribution in [0.25, 0.3) is 0 Å². The first kappa shape index (κ1) is 12.4. The third-order valence-electron chi connectivity index (χ3n) is 1.81. The van der Waals surface area contributed by atoms with Crippen molar-refractivity contribution in [3.8, 4) is 0 Å². The average Bonchev–Trinajstić information content (AvgIpc) is 2.05. The lowest BCUT2D eigenvalue weighted by molar-refractivity contribution is -0.136. The van der Waals surface area contributed by atoms with E-state index >= 15 is 0 Å². The second kappa shape index (κ2) is 6.86. The van der Waals surface area contributed by atoms with Crippen LogP contribution in [-0.4, -0.2) is 43.7 Å². The highest BCUT2D eigenvalue weighted by Crippen LogP contribution is 2.00. The molecule has 0 saturated carbocycles. The van der Waals surface area contributed by atoms with Gasteiger partial charge in [-0.2, -0.15) is 0 Å². The fourth-order valence-corrected chi connectivity index (χ4v) is 1.14. The van der Waals surface area contributed by atoms with Crippen molar-refractivity contribution in [3.05, 3.63) is 0 Å². The summed E-state index contributed by atoms with van der Waals surface area (Å²) in [7, 11) is 1.53. The highest BCUT2D eigenvalue weighted by Gasteiger charge is 2.15. The molecule has 0 heterocycles. The number of amides is 1. The third-order valence-corrected chi connectivity index (χ3v) is 1.81. The Morgan fingerprint density at radius 3 is 2.54 bits per heavy atom. The van der Waals surface area contributed by atoms with Crippen LogP contribution in [0.5, 0.6) is 0 Å². The molecule has 0 aliphatic heterocycles. The maximum absolute atomic E-state index is 11.5. The summed E-state index contributed by atoms with van der Waals surface area (Å²) in [6.07, 6.45) is 0.841. The number of hydrogen-bond donors (Lipinski definition) is 1. The standard InChI is InChI=1S/C9H20N2O2/c1-8(2)11(6-4-5-10)9(12)7-13-3/h8H,4-7,10H2,1-3H3. The van der Waals surface area contributed by atoms with E-state index in [1.165, 1.54) is 7.11 Å². The number of ether oxygens (including phenoxy) is 1. The Labute approximate surface area is 80.0 Å². The normalized spacial score (nSPS) is 10.5. The van der Waals surface area contributed by atoms with Gasteiger partial charge in [0.05, 0.1) is 0 Å². The molecule has 78 valence electrons. The fourth-order valence-electron chi connectivity index (χ4n) is 1.14. The van der Waals surface area contributed by atoms with Crippen LogP contribution in [0.3, 0.4) is 0 Å². The summed E-state index contributed by atoms with van der Waals surface area (Å²) in [5, 5.41) is 0. The van der Waals surface area contributed by atoms with Gasteiger partial charge in [0.15, 0.2) is 0 Å². The first-order chi connectivity index (χ1) is 6.13. The van der Waals surface area contributed by atoms with Crippen molar-refractivity contribution in [3.63, 3.8) is 0 Å². The van der Waals surface area contributed by atoms with Crippen molar-refractivity contribution >= 4 is 5.91 Å². The Kier molecular flexibility index (Phi) is 6.54. The van der Waals surface area contributed by atoms with Crippen LogP contribution in [-0.2, 0) is 9.53 Å². The molecule has 4 nitrogen and oxygen atoms in total. The van der Waals surface area contributed by atoms with Crippen LogP contribution in [0.1, 0.15) is 20.3 Å². The Balaban J connectivity index is 3.99. The number of carbonyl (C=O) groups excluding carboxylic acids is 1. The number of methoxy groups -OCH3 is 1. The molecular weight excluding hydrogens is 168 g/mol. The highest BCUT2D eigenvalue weighted by atomic mass is 16.5. The molecule has 0 rings (SSSR count). The van der Waals surface area contributed by atoms with Crippen LogP contribution in [0.15, 0.2) is 0 Å². The summed E-state index contributed by atoms with van der Waals surface area (Å²) in [5.74, 6) is 0.0333. The van der Waals surface area contributed by atoms with Gasteiger partial charge >= 0.3 is 0 Å². The quantitative estimate of drug-likeness (QED) is 0.648. The molecule has 0 aliphatic carbocycles. The molecular formula is C9H20N2O2. The molecule has 0 atom stereocenters. The minimum Gasteiger partial charge on any atom is -0.375 e. The minimum atomic E-state index is 0.0333. The number of rotatable bonds is 6. The number of carbonyl (C=O) groups is 1. The van der Waals surface area contributed by atoms with Crippen molar-refractivity contribution in [1.29, 1.82) is 0 Å². The zero-order valence-electron chi connectivity index (χ0n) is 8.75. The van der Waals surface area contributed by atoms with Gasteiger partial charge in [0.25, 0.3) is 0 Å². The molecule has 0 bridgehead atoms. The Hall–Kier alpha value is -0.610. The largest absolute Gasteiger partial charge is 0.375 e. The lowest BCUT2D eigenvalue weighted by atomic mass is 10.3. The molecule has 0 fully saturated rings. The zero-order chi connectivity index (χ0) is 10.3. The van der Waals surface area contributed by atoms with E-state index in [2.05, 4.69) is 0 Å². The Bertz CT molecular complexity index is 149. The molecule has 0 aromatic rings. The molecule has 0 unspecified atom stereocenters. The lowest BCUT2D eigenvalue weighted by Gasteiger charge is -2.26. The van der Waals surface area contributed by atoms with Gasteiger partial charge in [-0.25, -0.2) is 0 Å². The second-order valence-corrected chi connectivity index (χ2v) is 3.26. The van der Waals surface area contributed by atoms with Gasteiger partial charge in [0.2, 0.25) is 5.91 Å². The van der Waals surface area contributed by atoms with Crippen LogP contribution < -0.4 is 5.73 Å².